The van der Waals surface area contributed by atoms with Crippen molar-refractivity contribution in [3.8, 4) is 0 Å². The van der Waals surface area contributed by atoms with E-state index < -0.39 is 27.9 Å². The third kappa shape index (κ3) is 1.50. The van der Waals surface area contributed by atoms with Gasteiger partial charge in [0.2, 0.25) is 0 Å². The van der Waals surface area contributed by atoms with Crippen molar-refractivity contribution in [2.24, 2.45) is 0 Å². The summed E-state index contributed by atoms with van der Waals surface area (Å²) in [6.45, 7) is 0. The lowest BCUT2D eigenvalue weighted by Gasteiger charge is -1.94. The van der Waals surface area contributed by atoms with Gasteiger partial charge in [0.15, 0.2) is 5.03 Å². The van der Waals surface area contributed by atoms with Crippen LogP contribution in [0, 0.1) is 10.1 Å². The van der Waals surface area contributed by atoms with E-state index in [0.717, 1.165) is 0 Å². The van der Waals surface area contributed by atoms with E-state index in [-0.39, 0.29) is 4.68 Å². The molecule has 0 amide bonds. The molecule has 0 radical (unpaired) electrons. The summed E-state index contributed by atoms with van der Waals surface area (Å²) in [6, 6.07) is 0.451. The molecule has 0 aromatic carbocycles. The third-order valence-corrected chi connectivity index (χ3v) is 1.30. The molecule has 0 atom stereocenters. The molecule has 1 heterocycles. The molecule has 0 spiro atoms. The summed E-state index contributed by atoms with van der Waals surface area (Å²) in [5, 5.41) is 17.3. The van der Waals surface area contributed by atoms with Crippen molar-refractivity contribution < 1.29 is 14.9 Å². The Labute approximate surface area is 74.3 Å². The molecule has 14 heavy (non-hydrogen) atoms. The van der Waals surface area contributed by atoms with Gasteiger partial charge in [0.05, 0.1) is 0 Å². The number of hydrogen-bond donors (Lipinski definition) is 2. The van der Waals surface area contributed by atoms with Crippen LogP contribution in [0.4, 0.5) is 0 Å². The zero-order chi connectivity index (χ0) is 10.9. The fraction of sp³-hybridized carbons (Fsp3) is 0. The molecule has 1 aromatic heterocycles. The molecule has 0 bridgehead atoms. The summed E-state index contributed by atoms with van der Waals surface area (Å²) < 4.78 is -0.327. The normalized spacial score (nSPS) is 9.71. The lowest BCUT2D eigenvalue weighted by atomic mass is 10.4. The summed E-state index contributed by atoms with van der Waals surface area (Å²) >= 11 is 0. The SMILES string of the molecule is O=C(O)c1cc(=O)n([N+](=O)[O-])c(=O)[nH]1. The number of nitrogens with one attached hydrogen (secondary N) is 1. The number of aromatic carboxylic acids is 1. The summed E-state index contributed by atoms with van der Waals surface area (Å²) in [4.78, 5) is 43.7. The number of carboxylic acids is 1. The van der Waals surface area contributed by atoms with E-state index in [1.54, 1.807) is 4.98 Å². The van der Waals surface area contributed by atoms with Crippen LogP contribution in [0.15, 0.2) is 15.7 Å². The molecule has 0 aliphatic rings. The lowest BCUT2D eigenvalue weighted by molar-refractivity contribution is -0.548. The maximum atomic E-state index is 10.8. The van der Waals surface area contributed by atoms with Crippen LogP contribution in [0.3, 0.4) is 0 Å². The first-order valence-corrected chi connectivity index (χ1v) is 3.18. The van der Waals surface area contributed by atoms with Crippen LogP contribution in [0.25, 0.3) is 0 Å². The average Bonchev–Trinajstić information content (AvgIpc) is 2.01. The van der Waals surface area contributed by atoms with Crippen molar-refractivity contribution in [2.75, 3.05) is 0 Å². The number of nitro groups is 1. The Kier molecular flexibility index (Phi) is 2.15. The number of carboxylic acid groups (broad SMARTS) is 1. The highest BCUT2D eigenvalue weighted by molar-refractivity contribution is 5.84. The number of hydrogen-bond acceptors (Lipinski definition) is 5. The van der Waals surface area contributed by atoms with Gasteiger partial charge in [-0.1, -0.05) is 0 Å². The zero-order valence-electron chi connectivity index (χ0n) is 6.46. The van der Waals surface area contributed by atoms with Crippen molar-refractivity contribution in [1.29, 1.82) is 0 Å². The van der Waals surface area contributed by atoms with Crippen molar-refractivity contribution in [3.63, 3.8) is 0 Å². The molecule has 1 aromatic rings. The number of aromatic amines is 1. The number of aromatic nitrogens is 2. The Morgan fingerprint density at radius 3 is 2.50 bits per heavy atom. The topological polar surface area (TPSA) is 135 Å². The Balaban J connectivity index is 3.57. The first kappa shape index (κ1) is 9.64. The van der Waals surface area contributed by atoms with E-state index in [4.69, 9.17) is 5.11 Å². The molecular weight excluding hydrogens is 198 g/mol. The molecule has 0 saturated heterocycles. The van der Waals surface area contributed by atoms with Crippen molar-refractivity contribution >= 4 is 5.97 Å². The fourth-order valence-electron chi connectivity index (χ4n) is 0.759. The van der Waals surface area contributed by atoms with Crippen molar-refractivity contribution in [1.82, 2.24) is 9.66 Å². The van der Waals surface area contributed by atoms with Gasteiger partial charge in [-0.3, -0.25) is 9.78 Å². The summed E-state index contributed by atoms with van der Waals surface area (Å²) in [6.07, 6.45) is 0. The molecule has 0 aliphatic carbocycles. The first-order chi connectivity index (χ1) is 6.43. The maximum absolute atomic E-state index is 10.8. The summed E-state index contributed by atoms with van der Waals surface area (Å²) in [7, 11) is 0. The predicted octanol–water partition coefficient (Wildman–Crippen LogP) is -1.73. The van der Waals surface area contributed by atoms with Crippen LogP contribution in [-0.4, -0.2) is 25.8 Å². The minimum atomic E-state index is -1.55. The Bertz CT molecular complexity index is 480. The van der Waals surface area contributed by atoms with Gasteiger partial charge in [-0.2, -0.15) is 0 Å². The van der Waals surface area contributed by atoms with E-state index in [2.05, 4.69) is 0 Å². The highest BCUT2D eigenvalue weighted by Gasteiger charge is 2.15. The van der Waals surface area contributed by atoms with Crippen LogP contribution in [0.1, 0.15) is 10.5 Å². The zero-order valence-corrected chi connectivity index (χ0v) is 6.46. The van der Waals surface area contributed by atoms with E-state index in [0.29, 0.717) is 6.07 Å². The second-order valence-corrected chi connectivity index (χ2v) is 2.18. The monoisotopic (exact) mass is 201 g/mol. The lowest BCUT2D eigenvalue weighted by Crippen LogP contribution is -2.40. The Morgan fingerprint density at radius 2 is 2.14 bits per heavy atom. The number of nitrogens with zero attached hydrogens (tertiary/aromatic N) is 2. The molecule has 2 N–H and O–H groups in total. The first-order valence-electron chi connectivity index (χ1n) is 3.18. The summed E-state index contributed by atoms with van der Waals surface area (Å²) in [5.41, 5.74) is -3.41. The highest BCUT2D eigenvalue weighted by Crippen LogP contribution is 1.84. The molecule has 1 rings (SSSR count). The van der Waals surface area contributed by atoms with Crippen LogP contribution in [0.2, 0.25) is 0 Å². The minimum Gasteiger partial charge on any atom is -0.477 e. The second-order valence-electron chi connectivity index (χ2n) is 2.18. The smallest absolute Gasteiger partial charge is 0.390 e. The molecule has 0 aliphatic heterocycles. The van der Waals surface area contributed by atoms with E-state index in [9.17, 15) is 24.5 Å². The van der Waals surface area contributed by atoms with Crippen molar-refractivity contribution in [2.45, 2.75) is 0 Å². The van der Waals surface area contributed by atoms with Gasteiger partial charge >= 0.3 is 17.2 Å². The highest BCUT2D eigenvalue weighted by atomic mass is 16.7. The van der Waals surface area contributed by atoms with Crippen LogP contribution < -0.4 is 11.2 Å². The fourth-order valence-corrected chi connectivity index (χ4v) is 0.759. The molecule has 9 nitrogen and oxygen atoms in total. The summed E-state index contributed by atoms with van der Waals surface area (Å²) in [5.74, 6) is -1.55. The minimum absolute atomic E-state index is 0.327. The Hall–Kier alpha value is -2.45. The number of H-pyrrole nitrogens is 1. The Morgan fingerprint density at radius 1 is 1.57 bits per heavy atom. The average molecular weight is 201 g/mol. The van der Waals surface area contributed by atoms with Gasteiger partial charge < -0.3 is 5.11 Å². The standard InChI is InChI=1S/C5H3N3O6/c9-3-1-2(4(10)11)6-5(12)7(3)8(13)14/h1H,(H,6,12)(H,10,11). The van der Waals surface area contributed by atoms with E-state index in [1.165, 1.54) is 0 Å². The quantitative estimate of drug-likeness (QED) is 0.431. The van der Waals surface area contributed by atoms with Gasteiger partial charge in [0, 0.05) is 10.7 Å². The number of carbonyl (C=O) groups is 1. The van der Waals surface area contributed by atoms with Gasteiger partial charge in [-0.15, -0.1) is 0 Å². The van der Waals surface area contributed by atoms with Crippen LogP contribution in [-0.2, 0) is 0 Å². The maximum Gasteiger partial charge on any atom is 0.390 e. The third-order valence-electron chi connectivity index (χ3n) is 1.30. The van der Waals surface area contributed by atoms with Gasteiger partial charge in [0.25, 0.3) is 0 Å². The molecule has 0 fully saturated rings. The van der Waals surface area contributed by atoms with Crippen molar-refractivity contribution in [3.05, 3.63) is 42.7 Å². The van der Waals surface area contributed by atoms with E-state index in [1.807, 2.05) is 0 Å². The molecule has 0 saturated carbocycles. The van der Waals surface area contributed by atoms with Gasteiger partial charge in [0.1, 0.15) is 5.69 Å². The molecular formula is C5H3N3O6. The largest absolute Gasteiger partial charge is 0.477 e. The van der Waals surface area contributed by atoms with Crippen LogP contribution in [0.5, 0.6) is 0 Å². The molecule has 0 unspecified atom stereocenters. The molecule has 9 heteroatoms. The molecule has 74 valence electrons. The second kappa shape index (κ2) is 3.12. The number of rotatable bonds is 2. The predicted molar refractivity (Wildman–Crippen MR) is 40.7 cm³/mol. The van der Waals surface area contributed by atoms with Gasteiger partial charge in [-0.25, -0.2) is 19.7 Å². The van der Waals surface area contributed by atoms with Gasteiger partial charge in [-0.05, 0) is 0 Å². The van der Waals surface area contributed by atoms with E-state index >= 15 is 0 Å². The van der Waals surface area contributed by atoms with Crippen LogP contribution >= 0.6 is 0 Å².